The van der Waals surface area contributed by atoms with E-state index in [1.807, 2.05) is 13.8 Å². The first-order valence-electron chi connectivity index (χ1n) is 47.3. The molecule has 7 aliphatic carbocycles. The van der Waals surface area contributed by atoms with Gasteiger partial charge in [-0.3, -0.25) is 19.2 Å². The Morgan fingerprint density at radius 1 is 0.426 bits per heavy atom. The van der Waals surface area contributed by atoms with Crippen molar-refractivity contribution >= 4 is 95.3 Å². The molecule has 0 radical (unpaired) electrons. The second-order valence-corrected chi connectivity index (χ2v) is 42.0. The Morgan fingerprint density at radius 3 is 1.21 bits per heavy atom. The Bertz CT molecular complexity index is 4920. The molecule has 33 nitrogen and oxygen atoms in total. The molecule has 2 bridgehead atoms. The van der Waals surface area contributed by atoms with E-state index >= 15 is 0 Å². The van der Waals surface area contributed by atoms with Gasteiger partial charge in [0.15, 0.2) is 0 Å². The quantitative estimate of drug-likeness (QED) is 0.0969. The molecule has 33 heteroatoms. The van der Waals surface area contributed by atoms with Crippen LogP contribution in [0.3, 0.4) is 0 Å². The number of ketones is 1. The maximum Gasteiger partial charge on any atom is 0.374 e. The Kier molecular flexibility index (Phi) is 27.3. The summed E-state index contributed by atoms with van der Waals surface area (Å²) in [7, 11) is 0. The predicted octanol–water partition coefficient (Wildman–Crippen LogP) is 12.7. The van der Waals surface area contributed by atoms with Crippen LogP contribution in [0.25, 0.3) is 0 Å². The molecular formula is C103H126O33. The minimum absolute atomic E-state index is 0.00241. The highest BCUT2D eigenvalue weighted by Crippen LogP contribution is 2.63. The first-order chi connectivity index (χ1) is 63.7. The fraction of sp³-hybridized carbons (Fsp3) is 0.631. The number of aliphatic hydroxyl groups is 1. The minimum atomic E-state index is -1.06. The molecule has 16 unspecified atom stereocenters. The van der Waals surface area contributed by atoms with Gasteiger partial charge in [0.2, 0.25) is 5.78 Å². The zero-order valence-corrected chi connectivity index (χ0v) is 79.1. The van der Waals surface area contributed by atoms with Gasteiger partial charge in [0, 0.05) is 177 Å². The lowest BCUT2D eigenvalue weighted by Crippen LogP contribution is -2.45. The summed E-state index contributed by atoms with van der Waals surface area (Å²) in [5, 5.41) is 8.64. The highest BCUT2D eigenvalue weighted by Gasteiger charge is 2.71. The van der Waals surface area contributed by atoms with Gasteiger partial charge in [-0.2, -0.15) is 0 Å². The van der Waals surface area contributed by atoms with E-state index in [-0.39, 0.29) is 108 Å². The Balaban J connectivity index is 0.000000126. The molecule has 14 aliphatic heterocycles. The summed E-state index contributed by atoms with van der Waals surface area (Å²) >= 11 is 0. The molecule has 16 atom stereocenters. The van der Waals surface area contributed by atoms with Crippen LogP contribution in [0, 0.1) is 41.4 Å². The van der Waals surface area contributed by atoms with E-state index in [2.05, 4.69) is 86.2 Å². The fourth-order valence-corrected chi connectivity index (χ4v) is 24.6. The van der Waals surface area contributed by atoms with E-state index in [1.165, 1.54) is 6.92 Å². The highest BCUT2D eigenvalue weighted by molar-refractivity contribution is 6.32. The van der Waals surface area contributed by atoms with Gasteiger partial charge in [-0.1, -0.05) is 100 Å². The molecule has 0 aromatic rings. The van der Waals surface area contributed by atoms with Crippen molar-refractivity contribution in [3.63, 3.8) is 0 Å². The molecule has 0 aromatic heterocycles. The topological polar surface area (TPSA) is 441 Å². The largest absolute Gasteiger partial charge is 0.465 e. The number of rotatable bonds is 9. The molecular weight excluding hydrogens is 1770 g/mol. The van der Waals surface area contributed by atoms with Crippen LogP contribution in [-0.2, 0) is 153 Å². The highest BCUT2D eigenvalue weighted by atomic mass is 16.7. The SMILES string of the molecule is C=C1CC(C)(C2CCOC2=O)OC1=O.C=C1CC(C)(CCO)OC1=O.C=C1CC2(CCC(CC)(OC(=O)C(C)=O)CC2)OC1=O.C=C1CC2(CCC3(CC(=C)C(=O)O3)C2)OC1=O.C=C1CC2(CCC3(CC(=C)C(=O)O3)C2C)OC1=O.C=C1CC2(CCC3(CC2)CC(=C)C(=O)O3)OC1=O.C=C1CC2(CCCC2C(=O)OC23CC4CC(C(=O)O2)C3C4)OC1=O.C=C1CC2(OC1=O)C(C)COC2CC. The molecule has 9 spiro atoms. The first-order valence-corrected chi connectivity index (χ1v) is 47.3. The lowest BCUT2D eigenvalue weighted by atomic mass is 9.73. The van der Waals surface area contributed by atoms with Crippen molar-refractivity contribution in [1.82, 2.24) is 0 Å². The van der Waals surface area contributed by atoms with Gasteiger partial charge >= 0.3 is 89.5 Å². The van der Waals surface area contributed by atoms with Crippen LogP contribution in [-0.4, -0.2) is 199 Å². The summed E-state index contributed by atoms with van der Waals surface area (Å²) in [5.41, 5.74) is -0.739. The van der Waals surface area contributed by atoms with E-state index < -0.39 is 109 Å². The van der Waals surface area contributed by atoms with E-state index in [1.54, 1.807) is 13.8 Å². The number of Topliss-reactive ketones (excluding diaryl/α,β-unsaturated/α-hetero) is 1. The lowest BCUT2D eigenvalue weighted by molar-refractivity contribution is -0.229. The summed E-state index contributed by atoms with van der Waals surface area (Å²) in [6.45, 7) is 54.6. The van der Waals surface area contributed by atoms with E-state index in [0.717, 1.165) is 77.0 Å². The van der Waals surface area contributed by atoms with Crippen LogP contribution >= 0.6 is 0 Å². The lowest BCUT2D eigenvalue weighted by Gasteiger charge is -2.42. The number of aliphatic hydroxyl groups excluding tert-OH is 1. The maximum absolute atomic E-state index is 12.9. The van der Waals surface area contributed by atoms with Crippen molar-refractivity contribution in [2.45, 2.75) is 346 Å². The van der Waals surface area contributed by atoms with Crippen LogP contribution < -0.4 is 0 Å². The zero-order chi connectivity index (χ0) is 99.2. The molecule has 7 saturated carbocycles. The van der Waals surface area contributed by atoms with E-state index in [0.29, 0.717) is 222 Å². The summed E-state index contributed by atoms with van der Waals surface area (Å²) in [4.78, 5) is 184. The van der Waals surface area contributed by atoms with Crippen molar-refractivity contribution in [3.05, 3.63) is 134 Å². The summed E-state index contributed by atoms with van der Waals surface area (Å²) < 4.78 is 86.7. The molecule has 21 fully saturated rings. The van der Waals surface area contributed by atoms with Gasteiger partial charge in [0.1, 0.15) is 67.2 Å². The number of cyclic esters (lactones) is 3. The first kappa shape index (κ1) is 101. The number of carbonyl (C=O) groups excluding carboxylic acids is 16. The van der Waals surface area contributed by atoms with Crippen molar-refractivity contribution in [2.24, 2.45) is 41.4 Å². The molecule has 14 saturated heterocycles. The number of hydrogen-bond acceptors (Lipinski definition) is 33. The van der Waals surface area contributed by atoms with Crippen molar-refractivity contribution < 1.29 is 158 Å². The third kappa shape index (κ3) is 19.2. The third-order valence-electron chi connectivity index (χ3n) is 32.3. The minimum Gasteiger partial charge on any atom is -0.465 e. The molecule has 736 valence electrons. The van der Waals surface area contributed by atoms with Crippen LogP contribution in [0.5, 0.6) is 0 Å². The van der Waals surface area contributed by atoms with Gasteiger partial charge in [-0.05, 0) is 148 Å². The number of ether oxygens (including phenoxy) is 16. The summed E-state index contributed by atoms with van der Waals surface area (Å²) in [6.07, 6.45) is 21.9. The smallest absolute Gasteiger partial charge is 0.374 e. The zero-order valence-electron chi connectivity index (χ0n) is 79.1. The third-order valence-corrected chi connectivity index (χ3v) is 32.3. The molecule has 1 N–H and O–H groups in total. The Labute approximate surface area is 789 Å². The van der Waals surface area contributed by atoms with Gasteiger partial charge in [-0.15, -0.1) is 0 Å². The predicted molar refractivity (Wildman–Crippen MR) is 475 cm³/mol. The second kappa shape index (κ2) is 36.9. The number of carbonyl (C=O) groups is 16. The average molecular weight is 1890 g/mol. The van der Waals surface area contributed by atoms with Crippen LogP contribution in [0.2, 0.25) is 0 Å². The standard InChI is InChI=1S/C18H20O6.C15H20O5.2C14H16O4.C13H14O4.C11H16O3.C10H12O4.C8H12O3/c1-9-7-17(22-14(9)19)4-2-3-12(17)16(21)24-18-8-10-5-11(13(18)6-10)15(20)23-18;1-4-14(20-13(18)11(3)16)5-7-15(8-6-14)9-10(2)12(17)19-15;1-8-6-13(17-11(8)15)4-5-14(10(13)3)7-9(2)12(16)18-14;1-9-7-13(17-11(9)15)3-5-14(6-4-13)8-10(2)12(16)18-14;1-8-5-12(16-10(8)14)3-4-13(7-12)6-9(2)11(15)17-13;1-4-9-11(8(3)6-13-9)5-7(2)10(12)14-11;1-6-5-10(2,14-8(6)11)7-3-4-13-9(7)12;1-6-5-8(2,3-4-9)11-7(6)10/h10-13H,1-8H2;2,4-9H2,1,3H3;10H,1-2,4-7H2,3H3;1-8H2;1-7H2;8-9H,2,4-6H2,1,3H3;7H,1,3-5H2,2H3;9H,1,3-5H2,2H3. The maximum atomic E-state index is 12.9. The van der Waals surface area contributed by atoms with Gasteiger partial charge < -0.3 is 80.9 Å². The Morgan fingerprint density at radius 2 is 0.838 bits per heavy atom. The van der Waals surface area contributed by atoms with Crippen molar-refractivity contribution in [3.8, 4) is 0 Å². The number of esters is 15. The Hall–Kier alpha value is -11.2. The average Bonchev–Trinajstić information content (AvgIpc) is 1.55. The number of fused-ring (bicyclic) bond motifs is 1. The van der Waals surface area contributed by atoms with Gasteiger partial charge in [0.25, 0.3) is 5.79 Å². The summed E-state index contributed by atoms with van der Waals surface area (Å²) in [5.74, 6) is -7.14. The molecule has 21 rings (SSSR count). The van der Waals surface area contributed by atoms with E-state index in [4.69, 9.17) is 80.9 Å². The molecule has 0 aromatic carbocycles. The molecule has 136 heavy (non-hydrogen) atoms. The van der Waals surface area contributed by atoms with Crippen molar-refractivity contribution in [1.29, 1.82) is 0 Å². The van der Waals surface area contributed by atoms with Gasteiger partial charge in [-0.25, -0.2) is 57.5 Å². The van der Waals surface area contributed by atoms with E-state index in [9.17, 15) is 76.7 Å². The fourth-order valence-electron chi connectivity index (χ4n) is 24.6. The van der Waals surface area contributed by atoms with Crippen LogP contribution in [0.15, 0.2) is 134 Å². The molecule has 0 amide bonds. The van der Waals surface area contributed by atoms with Crippen molar-refractivity contribution in [2.75, 3.05) is 19.8 Å². The second-order valence-electron chi connectivity index (χ2n) is 42.0. The summed E-state index contributed by atoms with van der Waals surface area (Å²) in [6, 6.07) is 0. The normalized spacial score (nSPS) is 40.0. The molecule has 21 aliphatic rings. The number of hydrogen-bond donors (Lipinski definition) is 1. The monoisotopic (exact) mass is 1890 g/mol. The van der Waals surface area contributed by atoms with Crippen LogP contribution in [0.1, 0.15) is 267 Å². The van der Waals surface area contributed by atoms with Crippen LogP contribution in [0.4, 0.5) is 0 Å². The molecule has 14 heterocycles. The van der Waals surface area contributed by atoms with Gasteiger partial charge in [0.05, 0.1) is 43.0 Å².